The summed E-state index contributed by atoms with van der Waals surface area (Å²) in [5.74, 6) is -1.79. The second kappa shape index (κ2) is 3.68. The highest BCUT2D eigenvalue weighted by molar-refractivity contribution is 7.53. The maximum atomic E-state index is 11.6. The van der Waals surface area contributed by atoms with Crippen molar-refractivity contribution in [2.75, 3.05) is 0 Å². The SMILES string of the molecule is O=C1c2ccccc2C(=O)N1P(=O)(O)OCl. The average molecular weight is 262 g/mol. The van der Waals surface area contributed by atoms with Crippen molar-refractivity contribution in [2.45, 2.75) is 0 Å². The Morgan fingerprint density at radius 3 is 2.00 bits per heavy atom. The minimum atomic E-state index is -4.62. The lowest BCUT2D eigenvalue weighted by Gasteiger charge is -2.15. The van der Waals surface area contributed by atoms with Crippen LogP contribution in [0.2, 0.25) is 0 Å². The van der Waals surface area contributed by atoms with Crippen molar-refractivity contribution >= 4 is 31.4 Å². The van der Waals surface area contributed by atoms with Crippen molar-refractivity contribution in [3.8, 4) is 0 Å². The molecule has 6 nitrogen and oxygen atoms in total. The van der Waals surface area contributed by atoms with Crippen LogP contribution in [0.15, 0.2) is 24.3 Å². The molecule has 0 bridgehead atoms. The van der Waals surface area contributed by atoms with Gasteiger partial charge in [-0.15, -0.1) is 0 Å². The highest BCUT2D eigenvalue weighted by Gasteiger charge is 2.47. The molecule has 0 aromatic heterocycles. The van der Waals surface area contributed by atoms with E-state index >= 15 is 0 Å². The van der Waals surface area contributed by atoms with Gasteiger partial charge >= 0.3 is 7.75 Å². The number of rotatable bonds is 2. The molecule has 1 aromatic carbocycles. The monoisotopic (exact) mass is 261 g/mol. The van der Waals surface area contributed by atoms with E-state index in [0.717, 1.165) is 0 Å². The molecule has 0 spiro atoms. The van der Waals surface area contributed by atoms with E-state index in [2.05, 4.69) is 4.08 Å². The molecule has 1 heterocycles. The molecule has 84 valence electrons. The van der Waals surface area contributed by atoms with E-state index in [9.17, 15) is 19.0 Å². The maximum absolute atomic E-state index is 11.6. The summed E-state index contributed by atoms with van der Waals surface area (Å²) in [6, 6.07) is 5.84. The third-order valence-corrected chi connectivity index (χ3v) is 3.70. The van der Waals surface area contributed by atoms with Crippen LogP contribution in [0.25, 0.3) is 0 Å². The predicted molar refractivity (Wildman–Crippen MR) is 53.7 cm³/mol. The van der Waals surface area contributed by atoms with Gasteiger partial charge in [0.05, 0.1) is 23.0 Å². The predicted octanol–water partition coefficient (Wildman–Crippen LogP) is 1.55. The smallest absolute Gasteiger partial charge is 0.307 e. The molecule has 8 heteroatoms. The molecular weight excluding hydrogens is 257 g/mol. The molecule has 2 amide bonds. The minimum Gasteiger partial charge on any atom is -0.307 e. The van der Waals surface area contributed by atoms with Gasteiger partial charge in [0.2, 0.25) is 0 Å². The first kappa shape index (κ1) is 11.3. The van der Waals surface area contributed by atoms with Gasteiger partial charge in [0.15, 0.2) is 0 Å². The van der Waals surface area contributed by atoms with E-state index in [0.29, 0.717) is 0 Å². The summed E-state index contributed by atoms with van der Waals surface area (Å²) in [6.45, 7) is 0. The molecule has 1 atom stereocenters. The van der Waals surface area contributed by atoms with Gasteiger partial charge in [0.1, 0.15) is 0 Å². The summed E-state index contributed by atoms with van der Waals surface area (Å²) in [4.78, 5) is 32.5. The largest absolute Gasteiger partial charge is 0.458 e. The molecule has 0 radical (unpaired) electrons. The molecule has 0 saturated carbocycles. The first-order valence-corrected chi connectivity index (χ1v) is 5.94. The van der Waals surface area contributed by atoms with Crippen molar-refractivity contribution in [3.05, 3.63) is 35.4 Å². The molecular formula is C8H5ClNO5P. The van der Waals surface area contributed by atoms with Crippen LogP contribution in [-0.2, 0) is 8.64 Å². The Morgan fingerprint density at radius 2 is 1.62 bits per heavy atom. The van der Waals surface area contributed by atoms with Gasteiger partial charge < -0.3 is 4.89 Å². The molecule has 1 aliphatic rings. The average Bonchev–Trinajstić information content (AvgIpc) is 2.53. The van der Waals surface area contributed by atoms with E-state index in [-0.39, 0.29) is 15.8 Å². The summed E-state index contributed by atoms with van der Waals surface area (Å²) < 4.78 is 15.3. The second-order valence-corrected chi connectivity index (χ2v) is 4.96. The summed E-state index contributed by atoms with van der Waals surface area (Å²) >= 11 is 4.79. The molecule has 1 N–H and O–H groups in total. The Bertz CT molecular complexity index is 496. The fourth-order valence-electron chi connectivity index (χ4n) is 1.44. The molecule has 0 saturated heterocycles. The Labute approximate surface area is 95.1 Å². The number of nitrogens with zero attached hydrogens (tertiary/aromatic N) is 1. The van der Waals surface area contributed by atoms with Crippen LogP contribution in [0.1, 0.15) is 20.7 Å². The first-order chi connectivity index (χ1) is 7.49. The fraction of sp³-hybridized carbons (Fsp3) is 0. The van der Waals surface area contributed by atoms with Crippen LogP contribution in [0.5, 0.6) is 0 Å². The zero-order valence-corrected chi connectivity index (χ0v) is 9.31. The third kappa shape index (κ3) is 1.47. The first-order valence-electron chi connectivity index (χ1n) is 4.10. The lowest BCUT2D eigenvalue weighted by Crippen LogP contribution is -2.26. The van der Waals surface area contributed by atoms with E-state index in [4.69, 9.17) is 11.9 Å². The van der Waals surface area contributed by atoms with Crippen LogP contribution in [0.3, 0.4) is 0 Å². The van der Waals surface area contributed by atoms with Crippen molar-refractivity contribution in [3.63, 3.8) is 0 Å². The van der Waals surface area contributed by atoms with Gasteiger partial charge in [-0.3, -0.25) is 9.59 Å². The van der Waals surface area contributed by atoms with E-state index in [1.54, 1.807) is 0 Å². The van der Waals surface area contributed by atoms with Crippen molar-refractivity contribution in [1.29, 1.82) is 0 Å². The summed E-state index contributed by atoms with van der Waals surface area (Å²) in [6.07, 6.45) is 0. The zero-order valence-electron chi connectivity index (χ0n) is 7.66. The van der Waals surface area contributed by atoms with Crippen molar-refractivity contribution in [2.24, 2.45) is 0 Å². The maximum Gasteiger partial charge on any atom is 0.458 e. The van der Waals surface area contributed by atoms with Gasteiger partial charge in [-0.25, -0.2) is 4.57 Å². The van der Waals surface area contributed by atoms with Gasteiger partial charge in [-0.05, 0) is 12.1 Å². The van der Waals surface area contributed by atoms with E-state index in [1.807, 2.05) is 0 Å². The Morgan fingerprint density at radius 1 is 1.19 bits per heavy atom. The van der Waals surface area contributed by atoms with Gasteiger partial charge in [0, 0.05) is 0 Å². The highest BCUT2D eigenvalue weighted by atomic mass is 35.5. The number of fused-ring (bicyclic) bond motifs is 1. The van der Waals surface area contributed by atoms with E-state index < -0.39 is 19.6 Å². The number of imide groups is 1. The lowest BCUT2D eigenvalue weighted by molar-refractivity contribution is 0.0734. The van der Waals surface area contributed by atoms with E-state index in [1.165, 1.54) is 24.3 Å². The molecule has 16 heavy (non-hydrogen) atoms. The molecule has 1 unspecified atom stereocenters. The standard InChI is InChI=1S/C8H5ClNO5P/c9-15-16(13,14)10-7(11)5-3-1-2-4-6(5)8(10)12/h1-4H,(H,13,14). The number of amides is 2. The van der Waals surface area contributed by atoms with Gasteiger partial charge in [-0.1, -0.05) is 12.1 Å². The third-order valence-electron chi connectivity index (χ3n) is 2.12. The Hall–Kier alpha value is -1.20. The van der Waals surface area contributed by atoms with Gasteiger partial charge in [-0.2, -0.15) is 8.75 Å². The van der Waals surface area contributed by atoms with Crippen LogP contribution < -0.4 is 0 Å². The number of halogens is 1. The molecule has 1 aliphatic heterocycles. The van der Waals surface area contributed by atoms with Crippen molar-refractivity contribution in [1.82, 2.24) is 4.67 Å². The number of hydrogen-bond acceptors (Lipinski definition) is 4. The van der Waals surface area contributed by atoms with Crippen LogP contribution in [-0.4, -0.2) is 21.4 Å². The summed E-state index contributed by atoms with van der Waals surface area (Å²) in [5.41, 5.74) is 0.103. The van der Waals surface area contributed by atoms with Crippen LogP contribution in [0.4, 0.5) is 0 Å². The zero-order chi connectivity index (χ0) is 11.9. The quantitative estimate of drug-likeness (QED) is 0.645. The number of hydrogen-bond donors (Lipinski definition) is 1. The minimum absolute atomic E-state index is 0.0514. The van der Waals surface area contributed by atoms with Gasteiger partial charge in [0.25, 0.3) is 11.8 Å². The number of carbonyl (C=O) groups excluding carboxylic acids is 2. The molecule has 2 rings (SSSR count). The topological polar surface area (TPSA) is 83.9 Å². The molecule has 1 aromatic rings. The fourth-order valence-corrected chi connectivity index (χ4v) is 2.36. The summed E-state index contributed by atoms with van der Waals surface area (Å²) in [5, 5.41) is 0. The Kier molecular flexibility index (Phi) is 2.59. The summed E-state index contributed by atoms with van der Waals surface area (Å²) in [7, 11) is -4.62. The highest BCUT2D eigenvalue weighted by Crippen LogP contribution is 2.51. The Balaban J connectivity index is 2.55. The van der Waals surface area contributed by atoms with Crippen LogP contribution in [0, 0.1) is 0 Å². The second-order valence-electron chi connectivity index (χ2n) is 3.03. The van der Waals surface area contributed by atoms with Crippen molar-refractivity contribution < 1.29 is 23.1 Å². The normalized spacial score (nSPS) is 18.5. The molecule has 0 fully saturated rings. The number of carbonyl (C=O) groups is 2. The lowest BCUT2D eigenvalue weighted by atomic mass is 10.1. The van der Waals surface area contributed by atoms with Crippen LogP contribution >= 0.6 is 19.6 Å². The molecule has 0 aliphatic carbocycles. The number of benzene rings is 1.